The molecule has 28 nitrogen and oxygen atoms in total. The van der Waals surface area contributed by atoms with E-state index in [1.807, 2.05) is 11.6 Å². The molecule has 31 heteroatoms. The van der Waals surface area contributed by atoms with Gasteiger partial charge in [0.25, 0.3) is 0 Å². The smallest absolute Gasteiger partial charge is 0.305 e. The summed E-state index contributed by atoms with van der Waals surface area (Å²) in [6, 6.07) is 16.1. The van der Waals surface area contributed by atoms with Gasteiger partial charge in [-0.3, -0.25) is 47.9 Å². The predicted molar refractivity (Wildman–Crippen MR) is 332 cm³/mol. The summed E-state index contributed by atoms with van der Waals surface area (Å²) in [7, 11) is -6.87. The number of amides is 8. The fourth-order valence-electron chi connectivity index (χ4n) is 9.43. The number of rotatable bonds is 41. The molecule has 0 fully saturated rings. The largest absolute Gasteiger partial charge is 0.497 e. The number of aromatic amines is 1. The van der Waals surface area contributed by atoms with Crippen molar-refractivity contribution in [3.63, 3.8) is 0 Å². The molecule has 0 saturated heterocycles. The molecular weight excluding hydrogens is 1240 g/mol. The number of sulfonamides is 2. The Bertz CT molecular complexity index is 3610. The highest BCUT2D eigenvalue weighted by Gasteiger charge is 2.33. The van der Waals surface area contributed by atoms with Crippen LogP contribution in [0.25, 0.3) is 10.9 Å². The normalized spacial score (nSPS) is 13.0. The van der Waals surface area contributed by atoms with Crippen LogP contribution in [0, 0.1) is 5.82 Å². The molecule has 0 radical (unpaired) electrons. The van der Waals surface area contributed by atoms with Crippen molar-refractivity contribution >= 4 is 90.1 Å². The second kappa shape index (κ2) is 36.5. The maximum atomic E-state index is 14.5. The molecule has 8 amide bonds. The molecule has 5 aromatic rings. The minimum absolute atomic E-state index is 0.0102. The predicted octanol–water partition coefficient (Wildman–Crippen LogP) is 1.22. The number of H-pyrrole nitrogens is 1. The van der Waals surface area contributed by atoms with E-state index < -0.39 is 148 Å². The topological polar surface area (TPSA) is 439 Å². The van der Waals surface area contributed by atoms with Gasteiger partial charge in [0.2, 0.25) is 67.3 Å². The van der Waals surface area contributed by atoms with Crippen molar-refractivity contribution in [2.75, 3.05) is 33.3 Å². The average molecular weight is 1320 g/mol. The number of carboxylic acid groups (broad SMARTS) is 2. The highest BCUT2D eigenvalue weighted by Crippen LogP contribution is 2.21. The van der Waals surface area contributed by atoms with Gasteiger partial charge in [0.15, 0.2) is 0 Å². The second-order valence-corrected chi connectivity index (χ2v) is 24.9. The molecule has 0 aliphatic carbocycles. The van der Waals surface area contributed by atoms with Crippen molar-refractivity contribution in [1.29, 1.82) is 0 Å². The lowest BCUT2D eigenvalue weighted by atomic mass is 10.0. The number of aromatic nitrogens is 1. The number of para-hydroxylation sites is 1. The number of aryl methyl sites for hydroxylation is 1. The van der Waals surface area contributed by atoms with Crippen molar-refractivity contribution in [3.8, 4) is 5.75 Å². The van der Waals surface area contributed by atoms with E-state index in [1.54, 1.807) is 54.7 Å². The molecule has 4 aromatic carbocycles. The summed E-state index contributed by atoms with van der Waals surface area (Å²) in [5, 5.41) is 36.9. The molecule has 1 aromatic heterocycles. The zero-order chi connectivity index (χ0) is 67.4. The zero-order valence-electron chi connectivity index (χ0n) is 50.7. The second-order valence-electron chi connectivity index (χ2n) is 21.4. The van der Waals surface area contributed by atoms with Gasteiger partial charge in [-0.2, -0.15) is 4.72 Å². The zero-order valence-corrected chi connectivity index (χ0v) is 52.4. The van der Waals surface area contributed by atoms with E-state index in [9.17, 15) is 79.4 Å². The molecule has 0 aliphatic rings. The lowest BCUT2D eigenvalue weighted by molar-refractivity contribution is -0.140. The molecular formula is C61H78FN11O17S2. The van der Waals surface area contributed by atoms with Crippen molar-refractivity contribution in [3.05, 3.63) is 126 Å². The number of hydrogen-bond acceptors (Lipinski definition) is 15. The lowest BCUT2D eigenvalue weighted by Crippen LogP contribution is -2.58. The van der Waals surface area contributed by atoms with Crippen LogP contribution in [-0.2, 0) is 87.3 Å². The Balaban J connectivity index is 1.18. The number of unbranched alkanes of at least 4 members (excludes halogenated alkanes) is 3. The maximum Gasteiger partial charge on any atom is 0.305 e. The Morgan fingerprint density at radius 2 is 1.21 bits per heavy atom. The molecule has 5 atom stereocenters. The highest BCUT2D eigenvalue weighted by atomic mass is 32.2. The molecule has 0 saturated carbocycles. The van der Waals surface area contributed by atoms with E-state index >= 15 is 0 Å². The molecule has 0 unspecified atom stereocenters. The van der Waals surface area contributed by atoms with Crippen LogP contribution in [0.1, 0.15) is 94.2 Å². The Morgan fingerprint density at radius 3 is 1.87 bits per heavy atom. The Morgan fingerprint density at radius 1 is 0.576 bits per heavy atom. The third-order valence-corrected chi connectivity index (χ3v) is 17.2. The Labute approximate surface area is 531 Å². The van der Waals surface area contributed by atoms with Crippen LogP contribution in [0.3, 0.4) is 0 Å². The number of carbonyl (C=O) groups excluding carboxylic acids is 8. The first-order valence-electron chi connectivity index (χ1n) is 29.6. The number of nitrogens with two attached hydrogens (primary N) is 1. The summed E-state index contributed by atoms with van der Waals surface area (Å²) < 4.78 is 75.6. The number of carboxylic acids is 2. The van der Waals surface area contributed by atoms with E-state index in [1.165, 1.54) is 31.4 Å². The summed E-state index contributed by atoms with van der Waals surface area (Å²) in [5.41, 5.74) is 7.95. The highest BCUT2D eigenvalue weighted by molar-refractivity contribution is 7.89. The van der Waals surface area contributed by atoms with Gasteiger partial charge in [-0.1, -0.05) is 62.2 Å². The summed E-state index contributed by atoms with van der Waals surface area (Å²) in [5.74, 6) is -10.4. The fourth-order valence-corrected chi connectivity index (χ4v) is 11.7. The minimum Gasteiger partial charge on any atom is -0.497 e. The van der Waals surface area contributed by atoms with Crippen molar-refractivity contribution in [2.24, 2.45) is 5.73 Å². The van der Waals surface area contributed by atoms with E-state index in [4.69, 9.17) is 10.5 Å². The van der Waals surface area contributed by atoms with Crippen LogP contribution in [0.4, 0.5) is 4.39 Å². The van der Waals surface area contributed by atoms with E-state index in [0.717, 1.165) is 42.7 Å². The number of carbonyl (C=O) groups is 10. The van der Waals surface area contributed by atoms with Crippen LogP contribution in [0.2, 0.25) is 0 Å². The first-order valence-corrected chi connectivity index (χ1v) is 32.5. The minimum atomic E-state index is -4.47. The number of halogens is 1. The van der Waals surface area contributed by atoms with Gasteiger partial charge in [-0.05, 0) is 116 Å². The SMILES string of the molecule is CCCc1ccc(S(=O)(=O)NCCCC[C@H](NC(=O)CCCCCNC(=O)[C@H](CCC(=O)O)NC(=O)[C@H](Cc2c[nH]c3ccccc23)NC(=O)[C@H](Cc2cccc(F)c2)NC(=O)CNC(=O)CNC(=O)[C@@H](CC(=O)O)NS(=O)(=O)c2ccc(OC)cc2)C(N)=O)cc1. The summed E-state index contributed by atoms with van der Waals surface area (Å²) in [6.45, 7) is 0.418. The van der Waals surface area contributed by atoms with Gasteiger partial charge in [-0.25, -0.2) is 25.9 Å². The number of ether oxygens (including phenoxy) is 1. The molecule has 0 spiro atoms. The molecule has 92 heavy (non-hydrogen) atoms. The van der Waals surface area contributed by atoms with Gasteiger partial charge in [-0.15, -0.1) is 0 Å². The van der Waals surface area contributed by atoms with Crippen LogP contribution in [0.5, 0.6) is 5.75 Å². The fraction of sp³-hybridized carbons (Fsp3) is 0.410. The molecule has 5 rings (SSSR count). The third-order valence-electron chi connectivity index (χ3n) is 14.3. The quantitative estimate of drug-likeness (QED) is 0.0245. The summed E-state index contributed by atoms with van der Waals surface area (Å²) >= 11 is 0. The van der Waals surface area contributed by atoms with E-state index in [-0.39, 0.29) is 54.1 Å². The number of hydrogen-bond donors (Lipinski definition) is 13. The number of primary amides is 1. The molecule has 0 aliphatic heterocycles. The third kappa shape index (κ3) is 24.8. The summed E-state index contributed by atoms with van der Waals surface area (Å²) in [6.07, 6.45) is 2.64. The first kappa shape index (κ1) is 73.4. The summed E-state index contributed by atoms with van der Waals surface area (Å²) in [4.78, 5) is 133. The van der Waals surface area contributed by atoms with Crippen LogP contribution in [0.15, 0.2) is 113 Å². The monoisotopic (exact) mass is 1320 g/mol. The maximum absolute atomic E-state index is 14.5. The van der Waals surface area contributed by atoms with Crippen molar-refractivity contribution < 1.29 is 84.1 Å². The van der Waals surface area contributed by atoms with Gasteiger partial charge >= 0.3 is 11.9 Å². The van der Waals surface area contributed by atoms with Crippen LogP contribution >= 0.6 is 0 Å². The molecule has 14 N–H and O–H groups in total. The Hall–Kier alpha value is -9.33. The standard InChI is InChI=1S/C61H78FN11O17S2/c1-3-12-38-19-23-43(24-20-38)91(86,87)68-30-10-8-17-47(57(63)81)69-52(74)18-5-4-9-29-64-58(82)48(27-28-55(77)78)71-61(85)50(33-40-35-65-46-16-7-6-15-45(40)46)72-60(84)49(32-39-13-11-14-41(62)31-39)70-54(76)37-66-53(75)36-67-59(83)51(34-56(79)80)73-92(88,89)44-25-21-42(90-2)22-26-44/h6-7,11,13-16,19-26,31,35,47-51,65,68,73H,3-5,8-10,12,17-18,27-30,32-34,36-37H2,1-2H3,(H2,63,81)(H,64,82)(H,66,75)(H,67,83)(H,69,74)(H,70,76)(H,71,85)(H,72,84)(H,77,78)(H,79,80)/t47-,48-,49-,50-,51+/m0/s1. The van der Waals surface area contributed by atoms with Crippen molar-refractivity contribution in [2.45, 2.75) is 137 Å². The molecule has 1 heterocycles. The number of fused-ring (bicyclic) bond motifs is 1. The number of methoxy groups -OCH3 is 1. The molecule has 498 valence electrons. The first-order chi connectivity index (χ1) is 43.8. The van der Waals surface area contributed by atoms with Gasteiger partial charge in [0, 0.05) is 55.9 Å². The van der Waals surface area contributed by atoms with Crippen LogP contribution < -0.4 is 57.1 Å². The van der Waals surface area contributed by atoms with Gasteiger partial charge in [0.1, 0.15) is 41.8 Å². The number of aliphatic carboxylic acids is 2. The van der Waals surface area contributed by atoms with E-state index in [2.05, 4.69) is 46.9 Å². The van der Waals surface area contributed by atoms with E-state index in [0.29, 0.717) is 54.3 Å². The lowest BCUT2D eigenvalue weighted by Gasteiger charge is -2.25. The van der Waals surface area contributed by atoms with Crippen LogP contribution in [-0.4, -0.2) is 155 Å². The Kier molecular flexibility index (Phi) is 29.1. The number of benzene rings is 4. The number of nitrogens with one attached hydrogen (secondary N) is 10. The average Bonchev–Trinajstić information content (AvgIpc) is 1.50. The van der Waals surface area contributed by atoms with Gasteiger partial charge < -0.3 is 62.9 Å². The molecule has 0 bridgehead atoms. The van der Waals surface area contributed by atoms with Crippen molar-refractivity contribution in [1.82, 2.24) is 51.6 Å². The van der Waals surface area contributed by atoms with Gasteiger partial charge in [0.05, 0.1) is 36.4 Å².